The number of halogens is 8. The van der Waals surface area contributed by atoms with Crippen molar-refractivity contribution in [2.45, 2.75) is 62.0 Å². The normalized spacial score (nSPS) is 15.3. The number of ether oxygens (including phenoxy) is 8. The maximum Gasteiger partial charge on any atom is 0.368 e. The maximum atomic E-state index is 13.8. The first-order chi connectivity index (χ1) is 20.9. The molecule has 0 aromatic rings. The van der Waals surface area contributed by atoms with Crippen LogP contribution in [0.15, 0.2) is 12.7 Å². The van der Waals surface area contributed by atoms with E-state index in [1.54, 1.807) is 6.08 Å². The number of hydrogen-bond acceptors (Lipinski definition) is 12. The van der Waals surface area contributed by atoms with Gasteiger partial charge in [0.2, 0.25) is 0 Å². The number of hydrogen-bond donors (Lipinski definition) is 4. The predicted molar refractivity (Wildman–Crippen MR) is 136 cm³/mol. The van der Waals surface area contributed by atoms with Gasteiger partial charge in [0, 0.05) is 0 Å². The van der Waals surface area contributed by atoms with Crippen molar-refractivity contribution >= 4 is 0 Å². The van der Waals surface area contributed by atoms with Crippen LogP contribution >= 0.6 is 0 Å². The number of aliphatic hydroxyl groups excluding tert-OH is 4. The molecule has 0 saturated heterocycles. The van der Waals surface area contributed by atoms with Gasteiger partial charge in [0.1, 0.15) is 24.7 Å². The summed E-state index contributed by atoms with van der Waals surface area (Å²) >= 11 is 0. The molecular formula is C25H42F8O12. The number of aliphatic hydroxyl groups is 4. The van der Waals surface area contributed by atoms with E-state index in [0.29, 0.717) is 6.61 Å². The zero-order valence-electron chi connectivity index (χ0n) is 24.4. The zero-order valence-corrected chi connectivity index (χ0v) is 24.4. The molecule has 0 fully saturated rings. The Bertz CT molecular complexity index is 755. The van der Waals surface area contributed by atoms with E-state index in [1.807, 2.05) is 0 Å². The van der Waals surface area contributed by atoms with Crippen molar-refractivity contribution in [1.82, 2.24) is 0 Å². The van der Waals surface area contributed by atoms with Gasteiger partial charge in [-0.2, -0.15) is 35.1 Å². The molecule has 3 atom stereocenters. The summed E-state index contributed by atoms with van der Waals surface area (Å²) in [6.45, 7) is -0.417. The highest BCUT2D eigenvalue weighted by molar-refractivity contribution is 4.69. The molecular weight excluding hydrogens is 644 g/mol. The summed E-state index contributed by atoms with van der Waals surface area (Å²) < 4.78 is 146. The first kappa shape index (κ1) is 43.7. The van der Waals surface area contributed by atoms with Crippen LogP contribution in [0.1, 0.15) is 19.3 Å². The quantitative estimate of drug-likeness (QED) is 0.0479. The minimum absolute atomic E-state index is 0.102. The van der Waals surface area contributed by atoms with Crippen molar-refractivity contribution in [1.29, 1.82) is 0 Å². The van der Waals surface area contributed by atoms with Crippen LogP contribution in [0.4, 0.5) is 35.1 Å². The van der Waals surface area contributed by atoms with Crippen LogP contribution in [-0.2, 0) is 37.9 Å². The minimum atomic E-state index is -5.32. The Labute approximate surface area is 254 Å². The fourth-order valence-electron chi connectivity index (χ4n) is 2.94. The Morgan fingerprint density at radius 1 is 0.511 bits per heavy atom. The molecule has 45 heavy (non-hydrogen) atoms. The Hall–Kier alpha value is -1.30. The lowest BCUT2D eigenvalue weighted by molar-refractivity contribution is -0.432. The summed E-state index contributed by atoms with van der Waals surface area (Å²) in [4.78, 5) is 0. The van der Waals surface area contributed by atoms with Crippen LogP contribution in [0, 0.1) is 0 Å². The molecule has 0 aliphatic carbocycles. The SMILES string of the molecule is C=CCOCCOCC(O)COCC(O)COCCC(F)(F)OC(F)(F)CC(F)(F)OC(F)(F)CCOCC(O)COCCO. The summed E-state index contributed by atoms with van der Waals surface area (Å²) in [5.41, 5.74) is 0. The van der Waals surface area contributed by atoms with Crippen molar-refractivity contribution in [3.05, 3.63) is 12.7 Å². The second-order valence-corrected chi connectivity index (χ2v) is 9.32. The summed E-state index contributed by atoms with van der Waals surface area (Å²) in [6.07, 6.45) is -28.4. The molecule has 0 heterocycles. The molecule has 0 rings (SSSR count). The monoisotopic (exact) mass is 686 g/mol. The van der Waals surface area contributed by atoms with Gasteiger partial charge in [-0.3, -0.25) is 9.47 Å². The first-order valence-electron chi connectivity index (χ1n) is 13.6. The Balaban J connectivity index is 4.32. The highest BCUT2D eigenvalue weighted by Gasteiger charge is 2.54. The van der Waals surface area contributed by atoms with Crippen LogP contribution in [0.3, 0.4) is 0 Å². The lowest BCUT2D eigenvalue weighted by Gasteiger charge is -2.28. The fourth-order valence-corrected chi connectivity index (χ4v) is 2.94. The van der Waals surface area contributed by atoms with Crippen LogP contribution in [0.25, 0.3) is 0 Å². The molecule has 3 unspecified atom stereocenters. The van der Waals surface area contributed by atoms with Crippen molar-refractivity contribution in [3.63, 3.8) is 0 Å². The van der Waals surface area contributed by atoms with Crippen molar-refractivity contribution < 1.29 is 93.4 Å². The summed E-state index contributed by atoms with van der Waals surface area (Å²) in [5, 5.41) is 37.3. The minimum Gasteiger partial charge on any atom is -0.394 e. The third-order valence-corrected chi connectivity index (χ3v) is 4.79. The molecule has 0 aliphatic rings. The molecule has 270 valence electrons. The third-order valence-electron chi connectivity index (χ3n) is 4.79. The number of rotatable bonds is 31. The van der Waals surface area contributed by atoms with E-state index in [0.717, 1.165) is 0 Å². The number of alkyl halides is 8. The molecule has 20 heteroatoms. The Kier molecular flexibility index (Phi) is 22.4. The van der Waals surface area contributed by atoms with E-state index in [1.165, 1.54) is 0 Å². The van der Waals surface area contributed by atoms with Gasteiger partial charge >= 0.3 is 24.4 Å². The van der Waals surface area contributed by atoms with Gasteiger partial charge in [-0.1, -0.05) is 6.08 Å². The van der Waals surface area contributed by atoms with E-state index < -0.39 is 95.0 Å². The van der Waals surface area contributed by atoms with Crippen LogP contribution in [-0.4, -0.2) is 149 Å². The molecule has 0 radical (unpaired) electrons. The van der Waals surface area contributed by atoms with E-state index in [-0.39, 0.29) is 46.2 Å². The standard InChI is InChI=1S/C25H42F8O12/c1-2-6-38-10-11-42-15-21(37)17-43-16-20(36)13-40-8-4-23(28,29)45-25(32,33)18-24(30,31)44-22(26,27)3-7-39-12-19(35)14-41-9-5-34/h2,19-21,34-37H,1,3-18H2. The van der Waals surface area contributed by atoms with Crippen molar-refractivity contribution in [3.8, 4) is 0 Å². The van der Waals surface area contributed by atoms with E-state index >= 15 is 0 Å². The second kappa shape index (κ2) is 23.1. The summed E-state index contributed by atoms with van der Waals surface area (Å²) in [7, 11) is 0. The average Bonchev–Trinajstić information content (AvgIpc) is 2.89. The van der Waals surface area contributed by atoms with Gasteiger partial charge in [-0.25, -0.2) is 0 Å². The molecule has 0 aromatic heterocycles. The predicted octanol–water partition coefficient (Wildman–Crippen LogP) is 1.92. The second-order valence-electron chi connectivity index (χ2n) is 9.32. The van der Waals surface area contributed by atoms with Gasteiger partial charge in [-0.15, -0.1) is 6.58 Å². The third kappa shape index (κ3) is 26.5. The summed E-state index contributed by atoms with van der Waals surface area (Å²) in [6, 6.07) is 0. The van der Waals surface area contributed by atoms with Crippen LogP contribution in [0.5, 0.6) is 0 Å². The lowest BCUT2D eigenvalue weighted by Crippen LogP contribution is -2.42. The molecule has 0 aliphatic heterocycles. The Morgan fingerprint density at radius 2 is 0.867 bits per heavy atom. The molecule has 12 nitrogen and oxygen atoms in total. The molecule has 0 bridgehead atoms. The van der Waals surface area contributed by atoms with E-state index in [9.17, 15) is 50.4 Å². The molecule has 0 saturated carbocycles. The van der Waals surface area contributed by atoms with Crippen molar-refractivity contribution in [2.24, 2.45) is 0 Å². The molecule has 0 amide bonds. The lowest BCUT2D eigenvalue weighted by atomic mass is 10.3. The topological polar surface area (TPSA) is 155 Å². The average molecular weight is 687 g/mol. The summed E-state index contributed by atoms with van der Waals surface area (Å²) in [5.74, 6) is 0. The maximum absolute atomic E-state index is 13.8. The van der Waals surface area contributed by atoms with Gasteiger partial charge in [0.05, 0.1) is 98.7 Å². The molecule has 0 aromatic carbocycles. The van der Waals surface area contributed by atoms with Gasteiger partial charge in [0.25, 0.3) is 0 Å². The van der Waals surface area contributed by atoms with Gasteiger partial charge in [-0.05, 0) is 0 Å². The zero-order chi connectivity index (χ0) is 34.4. The van der Waals surface area contributed by atoms with Crippen molar-refractivity contribution in [2.75, 3.05) is 85.9 Å². The molecule has 4 N–H and O–H groups in total. The van der Waals surface area contributed by atoms with Gasteiger partial charge in [0.15, 0.2) is 0 Å². The smallest absolute Gasteiger partial charge is 0.368 e. The van der Waals surface area contributed by atoms with Crippen LogP contribution in [0.2, 0.25) is 0 Å². The first-order valence-corrected chi connectivity index (χ1v) is 13.6. The van der Waals surface area contributed by atoms with E-state index in [2.05, 4.69) is 20.8 Å². The van der Waals surface area contributed by atoms with Gasteiger partial charge < -0.3 is 48.8 Å². The highest BCUT2D eigenvalue weighted by Crippen LogP contribution is 2.40. The van der Waals surface area contributed by atoms with Crippen LogP contribution < -0.4 is 0 Å². The Morgan fingerprint density at radius 3 is 1.27 bits per heavy atom. The fraction of sp³-hybridized carbons (Fsp3) is 0.920. The highest BCUT2D eigenvalue weighted by atomic mass is 19.3. The molecule has 0 spiro atoms. The largest absolute Gasteiger partial charge is 0.394 e. The van der Waals surface area contributed by atoms with E-state index in [4.69, 9.17) is 28.8 Å².